The molecule has 31 heavy (non-hydrogen) atoms. The van der Waals surface area contributed by atoms with Crippen molar-refractivity contribution in [2.24, 2.45) is 5.41 Å². The molecule has 2 heterocycles. The van der Waals surface area contributed by atoms with Crippen molar-refractivity contribution in [2.45, 2.75) is 66.0 Å². The summed E-state index contributed by atoms with van der Waals surface area (Å²) in [5, 5.41) is 0.425. The highest BCUT2D eigenvalue weighted by Gasteiger charge is 2.32. The van der Waals surface area contributed by atoms with Gasteiger partial charge in [0.25, 0.3) is 0 Å². The summed E-state index contributed by atoms with van der Waals surface area (Å²) < 4.78 is 11.4. The highest BCUT2D eigenvalue weighted by molar-refractivity contribution is 6.30. The zero-order valence-corrected chi connectivity index (χ0v) is 21.6. The van der Waals surface area contributed by atoms with Gasteiger partial charge in [0.05, 0.1) is 12.2 Å². The van der Waals surface area contributed by atoms with E-state index in [0.29, 0.717) is 24.1 Å². The van der Waals surface area contributed by atoms with Crippen LogP contribution in [0, 0.1) is 5.41 Å². The molecule has 1 fully saturated rings. The summed E-state index contributed by atoms with van der Waals surface area (Å²) in [5.41, 5.74) is 0.408. The van der Waals surface area contributed by atoms with Crippen molar-refractivity contribution in [2.75, 3.05) is 13.2 Å². The molecular weight excluding hydrogens is 459 g/mol. The number of carbonyl (C=O) groups is 1. The van der Waals surface area contributed by atoms with Crippen LogP contribution < -0.4 is 4.74 Å². The van der Waals surface area contributed by atoms with Gasteiger partial charge in [-0.15, -0.1) is 24.8 Å². The smallest absolute Gasteiger partial charge is 0.410 e. The first kappa shape index (κ1) is 29.6. The number of likely N-dealkylation sites (tertiary alicyclic amines) is 1. The fourth-order valence-electron chi connectivity index (χ4n) is 2.91. The standard InChI is InChI=1S/C23H33ClN2O3.2ClH/c1-22(2,3)12-8-7-10-17-14-19(15-25-20(17)24)28-16-18-11-9-13-26(18)21(27)29-23(4,5)6;;/h7-8,10,12,14-15,18H,9,11,13,16H2,1-6H3;2*1H/b10-7+,12-8+;;/t18-;;/m1../s1. The van der Waals surface area contributed by atoms with Gasteiger partial charge in [0, 0.05) is 12.1 Å². The zero-order valence-electron chi connectivity index (χ0n) is 19.2. The van der Waals surface area contributed by atoms with E-state index in [4.69, 9.17) is 21.1 Å². The fraction of sp³-hybridized carbons (Fsp3) is 0.565. The van der Waals surface area contributed by atoms with Crippen molar-refractivity contribution in [1.82, 2.24) is 9.88 Å². The molecule has 5 nitrogen and oxygen atoms in total. The molecule has 1 atom stereocenters. The lowest BCUT2D eigenvalue weighted by atomic mass is 9.96. The summed E-state index contributed by atoms with van der Waals surface area (Å²) in [6, 6.07) is 1.86. The van der Waals surface area contributed by atoms with Gasteiger partial charge in [0.1, 0.15) is 23.1 Å². The number of hydrogen-bond donors (Lipinski definition) is 0. The van der Waals surface area contributed by atoms with Crippen molar-refractivity contribution in [1.29, 1.82) is 0 Å². The van der Waals surface area contributed by atoms with Gasteiger partial charge in [0.15, 0.2) is 0 Å². The first-order valence-electron chi connectivity index (χ1n) is 10.1. The third-order valence-electron chi connectivity index (χ3n) is 4.27. The number of halogens is 3. The lowest BCUT2D eigenvalue weighted by Crippen LogP contribution is -2.42. The highest BCUT2D eigenvalue weighted by atomic mass is 35.5. The molecular formula is C23H35Cl3N2O3. The normalized spacial score (nSPS) is 16.9. The van der Waals surface area contributed by atoms with Gasteiger partial charge >= 0.3 is 6.09 Å². The van der Waals surface area contributed by atoms with E-state index >= 15 is 0 Å². The van der Waals surface area contributed by atoms with Gasteiger partial charge in [-0.2, -0.15) is 0 Å². The van der Waals surface area contributed by atoms with Crippen LogP contribution in [0.1, 0.15) is 59.9 Å². The minimum atomic E-state index is -0.506. The van der Waals surface area contributed by atoms with Gasteiger partial charge in [-0.25, -0.2) is 9.78 Å². The zero-order chi connectivity index (χ0) is 21.7. The van der Waals surface area contributed by atoms with Crippen LogP contribution in [0.2, 0.25) is 5.15 Å². The Labute approximate surface area is 204 Å². The Hall–Kier alpha value is -1.43. The van der Waals surface area contributed by atoms with Crippen LogP contribution in [0.15, 0.2) is 30.5 Å². The van der Waals surface area contributed by atoms with Crippen molar-refractivity contribution in [3.63, 3.8) is 0 Å². The van der Waals surface area contributed by atoms with E-state index in [2.05, 4.69) is 31.8 Å². The summed E-state index contributed by atoms with van der Waals surface area (Å²) in [5.74, 6) is 0.630. The second kappa shape index (κ2) is 12.6. The van der Waals surface area contributed by atoms with Crippen LogP contribution in [0.3, 0.4) is 0 Å². The van der Waals surface area contributed by atoms with Crippen LogP contribution in [0.25, 0.3) is 6.08 Å². The van der Waals surface area contributed by atoms with E-state index in [1.807, 2.05) is 45.1 Å². The SMILES string of the molecule is CC(C)(C)/C=C/C=C/c1cc(OC[C@H]2CCCN2C(=O)OC(C)(C)C)cnc1Cl.Cl.Cl. The molecule has 0 bridgehead atoms. The highest BCUT2D eigenvalue weighted by Crippen LogP contribution is 2.24. The van der Waals surface area contributed by atoms with Crippen molar-refractivity contribution >= 4 is 48.6 Å². The van der Waals surface area contributed by atoms with E-state index in [0.717, 1.165) is 18.4 Å². The van der Waals surface area contributed by atoms with Crippen molar-refractivity contribution < 1.29 is 14.3 Å². The monoisotopic (exact) mass is 492 g/mol. The number of hydrogen-bond acceptors (Lipinski definition) is 4. The van der Waals surface area contributed by atoms with Crippen LogP contribution >= 0.6 is 36.4 Å². The maximum absolute atomic E-state index is 12.4. The molecule has 176 valence electrons. The second-order valence-electron chi connectivity index (χ2n) is 9.42. The third kappa shape index (κ3) is 10.6. The molecule has 1 amide bonds. The van der Waals surface area contributed by atoms with E-state index < -0.39 is 5.60 Å². The van der Waals surface area contributed by atoms with E-state index in [1.54, 1.807) is 11.1 Å². The Morgan fingerprint density at radius 2 is 1.90 bits per heavy atom. The predicted molar refractivity (Wildman–Crippen MR) is 133 cm³/mol. The van der Waals surface area contributed by atoms with Gasteiger partial charge in [0.2, 0.25) is 0 Å². The lowest BCUT2D eigenvalue weighted by Gasteiger charge is -2.28. The largest absolute Gasteiger partial charge is 0.490 e. The number of aromatic nitrogens is 1. The molecule has 0 aliphatic carbocycles. The van der Waals surface area contributed by atoms with Crippen molar-refractivity contribution in [3.8, 4) is 5.75 Å². The van der Waals surface area contributed by atoms with E-state index in [1.165, 1.54) is 0 Å². The molecule has 1 saturated heterocycles. The van der Waals surface area contributed by atoms with E-state index in [9.17, 15) is 4.79 Å². The first-order chi connectivity index (χ1) is 13.4. The number of carbonyl (C=O) groups excluding carboxylic acids is 1. The summed E-state index contributed by atoms with van der Waals surface area (Å²) in [7, 11) is 0. The van der Waals surface area contributed by atoms with Gasteiger partial charge in [-0.3, -0.25) is 0 Å². The molecule has 1 aromatic heterocycles. The fourth-order valence-corrected chi connectivity index (χ4v) is 3.07. The van der Waals surface area contributed by atoms with Gasteiger partial charge in [-0.05, 0) is 45.1 Å². The van der Waals surface area contributed by atoms with Crippen molar-refractivity contribution in [3.05, 3.63) is 41.2 Å². The molecule has 1 aliphatic rings. The summed E-state index contributed by atoms with van der Waals surface area (Å²) in [6.45, 7) is 13.1. The number of amides is 1. The van der Waals surface area contributed by atoms with E-state index in [-0.39, 0.29) is 42.4 Å². The topological polar surface area (TPSA) is 51.7 Å². The summed E-state index contributed by atoms with van der Waals surface area (Å²) >= 11 is 6.21. The molecule has 0 saturated carbocycles. The maximum Gasteiger partial charge on any atom is 0.410 e. The first-order valence-corrected chi connectivity index (χ1v) is 10.5. The average Bonchev–Trinajstić information content (AvgIpc) is 3.05. The maximum atomic E-state index is 12.4. The van der Waals surface area contributed by atoms with Crippen LogP contribution in [-0.4, -0.2) is 40.8 Å². The molecule has 0 unspecified atom stereocenters. The minimum Gasteiger partial charge on any atom is -0.490 e. The predicted octanol–water partition coefficient (Wildman–Crippen LogP) is 6.97. The van der Waals surface area contributed by atoms with Crippen LogP contribution in [0.5, 0.6) is 5.75 Å². The summed E-state index contributed by atoms with van der Waals surface area (Å²) in [6.07, 6.45) is 11.1. The molecule has 0 N–H and O–H groups in total. The Morgan fingerprint density at radius 1 is 1.23 bits per heavy atom. The Bertz CT molecular complexity index is 768. The Morgan fingerprint density at radius 3 is 2.52 bits per heavy atom. The number of ether oxygens (including phenoxy) is 2. The third-order valence-corrected chi connectivity index (χ3v) is 4.59. The Kier molecular flexibility index (Phi) is 12.0. The van der Waals surface area contributed by atoms with Gasteiger partial charge in [-0.1, -0.05) is 56.7 Å². The van der Waals surface area contributed by atoms with Crippen LogP contribution in [0.4, 0.5) is 4.79 Å². The molecule has 2 rings (SSSR count). The molecule has 0 spiro atoms. The number of pyridine rings is 1. The average molecular weight is 494 g/mol. The summed E-state index contributed by atoms with van der Waals surface area (Å²) in [4.78, 5) is 18.4. The number of nitrogens with zero attached hydrogens (tertiary/aromatic N) is 2. The molecule has 8 heteroatoms. The van der Waals surface area contributed by atoms with Gasteiger partial charge < -0.3 is 14.4 Å². The molecule has 1 aromatic rings. The quantitative estimate of drug-likeness (QED) is 0.328. The minimum absolute atomic E-state index is 0. The molecule has 0 radical (unpaired) electrons. The van der Waals surface area contributed by atoms with Crippen LogP contribution in [-0.2, 0) is 4.74 Å². The lowest BCUT2D eigenvalue weighted by molar-refractivity contribution is 0.0187. The Balaban J connectivity index is 0.00000450. The molecule has 0 aromatic carbocycles. The number of allylic oxidation sites excluding steroid dienone is 3. The second-order valence-corrected chi connectivity index (χ2v) is 9.77. The number of rotatable bonds is 5. The molecule has 1 aliphatic heterocycles.